The molecule has 1 unspecified atom stereocenters. The fraction of sp³-hybridized carbons (Fsp3) is 0.786. The predicted molar refractivity (Wildman–Crippen MR) is 330 cm³/mol. The van der Waals surface area contributed by atoms with Gasteiger partial charge in [-0.1, -0.05) is 299 Å². The molecule has 0 aliphatic heterocycles. The number of hydrogen-bond donors (Lipinski definition) is 0. The predicted octanol–water partition coefficient (Wildman–Crippen LogP) is 22.5. The lowest BCUT2D eigenvalue weighted by atomic mass is 10.0. The van der Waals surface area contributed by atoms with Crippen LogP contribution in [0.15, 0.2) is 72.9 Å². The largest absolute Gasteiger partial charge is 0.462 e. The topological polar surface area (TPSA) is 78.9 Å². The summed E-state index contributed by atoms with van der Waals surface area (Å²) in [5.41, 5.74) is 0. The van der Waals surface area contributed by atoms with Gasteiger partial charge in [0.15, 0.2) is 6.10 Å². The highest BCUT2D eigenvalue weighted by Gasteiger charge is 2.19. The Morgan fingerprint density at radius 1 is 0.276 bits per heavy atom. The van der Waals surface area contributed by atoms with Crippen molar-refractivity contribution in [1.82, 2.24) is 0 Å². The van der Waals surface area contributed by atoms with E-state index in [0.29, 0.717) is 19.3 Å². The maximum atomic E-state index is 12.9. The summed E-state index contributed by atoms with van der Waals surface area (Å²) >= 11 is 0. The zero-order valence-electron chi connectivity index (χ0n) is 50.5. The molecule has 0 heterocycles. The monoisotopic (exact) mass is 1060 g/mol. The molecule has 0 fully saturated rings. The molecule has 0 aromatic heterocycles. The Labute approximate surface area is 472 Å². The number of ether oxygens (including phenoxy) is 3. The van der Waals surface area contributed by atoms with Crippen LogP contribution in [0.3, 0.4) is 0 Å². The second-order valence-electron chi connectivity index (χ2n) is 22.0. The first-order valence-corrected chi connectivity index (χ1v) is 32.9. The molecule has 0 bridgehead atoms. The summed E-state index contributed by atoms with van der Waals surface area (Å²) in [6, 6.07) is 0. The van der Waals surface area contributed by atoms with Crippen molar-refractivity contribution in [2.24, 2.45) is 0 Å². The van der Waals surface area contributed by atoms with Crippen LogP contribution in [0, 0.1) is 0 Å². The summed E-state index contributed by atoms with van der Waals surface area (Å²) in [5, 5.41) is 0. The summed E-state index contributed by atoms with van der Waals surface area (Å²) < 4.78 is 16.9. The van der Waals surface area contributed by atoms with E-state index < -0.39 is 6.10 Å². The number of carbonyl (C=O) groups excluding carboxylic acids is 3. The van der Waals surface area contributed by atoms with Gasteiger partial charge in [-0.25, -0.2) is 0 Å². The molecule has 0 N–H and O–H groups in total. The van der Waals surface area contributed by atoms with E-state index in [1.54, 1.807) is 0 Å². The highest BCUT2D eigenvalue weighted by molar-refractivity contribution is 5.71. The van der Waals surface area contributed by atoms with Crippen molar-refractivity contribution in [1.29, 1.82) is 0 Å². The number of esters is 3. The third kappa shape index (κ3) is 61.7. The summed E-state index contributed by atoms with van der Waals surface area (Å²) in [5.74, 6) is -0.934. The van der Waals surface area contributed by atoms with Crippen LogP contribution < -0.4 is 0 Å². The van der Waals surface area contributed by atoms with E-state index in [0.717, 1.165) is 109 Å². The zero-order valence-corrected chi connectivity index (χ0v) is 50.5. The average Bonchev–Trinajstić information content (AvgIpc) is 3.42. The van der Waals surface area contributed by atoms with Crippen LogP contribution >= 0.6 is 0 Å². The summed E-state index contributed by atoms with van der Waals surface area (Å²) in [6.07, 6.45) is 83.6. The van der Waals surface area contributed by atoms with E-state index in [-0.39, 0.29) is 31.1 Å². The summed E-state index contributed by atoms with van der Waals surface area (Å²) in [7, 11) is 0. The average molecular weight is 1060 g/mol. The van der Waals surface area contributed by atoms with Gasteiger partial charge in [0.2, 0.25) is 0 Å². The van der Waals surface area contributed by atoms with Crippen LogP contribution in [0.4, 0.5) is 0 Å². The second kappa shape index (κ2) is 64.4. The Balaban J connectivity index is 4.28. The van der Waals surface area contributed by atoms with E-state index in [1.165, 1.54) is 186 Å². The Hall–Kier alpha value is -3.15. The maximum absolute atomic E-state index is 12.9. The summed E-state index contributed by atoms with van der Waals surface area (Å²) in [6.45, 7) is 6.50. The van der Waals surface area contributed by atoms with Crippen molar-refractivity contribution in [3.8, 4) is 0 Å². The molecule has 0 spiro atoms. The molecule has 6 heteroatoms. The smallest absolute Gasteiger partial charge is 0.306 e. The molecule has 0 aromatic rings. The molecule has 0 aromatic carbocycles. The van der Waals surface area contributed by atoms with Gasteiger partial charge in [-0.05, 0) is 89.9 Å². The van der Waals surface area contributed by atoms with Crippen LogP contribution in [0.1, 0.15) is 335 Å². The number of carbonyl (C=O) groups is 3. The minimum Gasteiger partial charge on any atom is -0.462 e. The van der Waals surface area contributed by atoms with E-state index in [4.69, 9.17) is 14.2 Å². The normalized spacial score (nSPS) is 12.5. The Morgan fingerprint density at radius 3 is 0.842 bits per heavy atom. The van der Waals surface area contributed by atoms with Crippen LogP contribution in [-0.4, -0.2) is 37.2 Å². The van der Waals surface area contributed by atoms with Gasteiger partial charge in [-0.15, -0.1) is 0 Å². The van der Waals surface area contributed by atoms with Crippen molar-refractivity contribution in [3.63, 3.8) is 0 Å². The number of hydrogen-bond acceptors (Lipinski definition) is 6. The highest BCUT2D eigenvalue weighted by atomic mass is 16.6. The zero-order chi connectivity index (χ0) is 55.0. The van der Waals surface area contributed by atoms with Gasteiger partial charge in [-0.2, -0.15) is 0 Å². The Bertz CT molecular complexity index is 1400. The molecular weight excluding hydrogens is 937 g/mol. The number of unbranched alkanes of at least 4 members (excludes halogenated alkanes) is 37. The van der Waals surface area contributed by atoms with E-state index in [1.807, 2.05) is 0 Å². The van der Waals surface area contributed by atoms with Gasteiger partial charge >= 0.3 is 17.9 Å². The molecule has 440 valence electrons. The van der Waals surface area contributed by atoms with E-state index in [9.17, 15) is 14.4 Å². The second-order valence-corrected chi connectivity index (χ2v) is 22.0. The van der Waals surface area contributed by atoms with E-state index >= 15 is 0 Å². The lowest BCUT2D eigenvalue weighted by Gasteiger charge is -2.18. The van der Waals surface area contributed by atoms with Crippen LogP contribution in [0.25, 0.3) is 0 Å². The molecule has 0 aliphatic rings. The molecule has 0 saturated heterocycles. The number of rotatable bonds is 60. The Morgan fingerprint density at radius 2 is 0.513 bits per heavy atom. The van der Waals surface area contributed by atoms with Crippen molar-refractivity contribution >= 4 is 17.9 Å². The molecule has 0 amide bonds. The van der Waals surface area contributed by atoms with Gasteiger partial charge < -0.3 is 14.2 Å². The maximum Gasteiger partial charge on any atom is 0.306 e. The van der Waals surface area contributed by atoms with Crippen molar-refractivity contribution in [2.75, 3.05) is 13.2 Å². The van der Waals surface area contributed by atoms with Gasteiger partial charge in [-0.3, -0.25) is 14.4 Å². The lowest BCUT2D eigenvalue weighted by Crippen LogP contribution is -2.30. The number of allylic oxidation sites excluding steroid dienone is 12. The van der Waals surface area contributed by atoms with Crippen molar-refractivity contribution < 1.29 is 28.6 Å². The standard InChI is InChI=1S/C70H124O6/c1-4-7-10-13-16-19-22-25-28-30-31-32-33-34-35-36-37-38-39-40-43-45-48-51-54-57-60-63-69(72)75-66-67(65-74-68(71)62-59-56-53-50-47-44-41-27-24-21-18-15-12-9-6-3)76-70(73)64-61-58-55-52-49-46-42-29-26-23-20-17-14-11-8-5-2/h9,12,18,20-21,23,27,29,41-42,47,50,67H,4-8,10-11,13-17,19,22,24-26,28,30-40,43-46,48-49,51-66H2,1-3H3/b12-9-,21-18-,23-20-,41-27-,42-29-,50-47-. The van der Waals surface area contributed by atoms with Crippen LogP contribution in [0.5, 0.6) is 0 Å². The summed E-state index contributed by atoms with van der Waals surface area (Å²) in [4.78, 5) is 38.3. The molecule has 0 radical (unpaired) electrons. The molecule has 0 saturated carbocycles. The third-order valence-corrected chi connectivity index (χ3v) is 14.4. The minimum absolute atomic E-state index is 0.0918. The molecule has 1 atom stereocenters. The third-order valence-electron chi connectivity index (χ3n) is 14.4. The quantitative estimate of drug-likeness (QED) is 0.0261. The lowest BCUT2D eigenvalue weighted by molar-refractivity contribution is -0.167. The molecular formula is C70H124O6. The fourth-order valence-electron chi connectivity index (χ4n) is 9.53. The molecule has 0 rings (SSSR count). The Kier molecular flexibility index (Phi) is 61.7. The van der Waals surface area contributed by atoms with Crippen molar-refractivity contribution in [3.05, 3.63) is 72.9 Å². The van der Waals surface area contributed by atoms with Gasteiger partial charge in [0.1, 0.15) is 13.2 Å². The fourth-order valence-corrected chi connectivity index (χ4v) is 9.53. The van der Waals surface area contributed by atoms with Gasteiger partial charge in [0.25, 0.3) is 0 Å². The minimum atomic E-state index is -0.800. The first kappa shape index (κ1) is 72.8. The highest BCUT2D eigenvalue weighted by Crippen LogP contribution is 2.18. The van der Waals surface area contributed by atoms with Gasteiger partial charge in [0, 0.05) is 19.3 Å². The molecule has 0 aliphatic carbocycles. The molecule has 6 nitrogen and oxygen atoms in total. The van der Waals surface area contributed by atoms with Crippen LogP contribution in [0.2, 0.25) is 0 Å². The first-order chi connectivity index (χ1) is 37.5. The van der Waals surface area contributed by atoms with Gasteiger partial charge in [0.05, 0.1) is 0 Å². The molecule has 76 heavy (non-hydrogen) atoms. The van der Waals surface area contributed by atoms with E-state index in [2.05, 4.69) is 93.7 Å². The first-order valence-electron chi connectivity index (χ1n) is 32.9. The van der Waals surface area contributed by atoms with Crippen LogP contribution in [-0.2, 0) is 28.6 Å². The van der Waals surface area contributed by atoms with Crippen molar-refractivity contribution in [2.45, 2.75) is 341 Å². The SMILES string of the molecule is CC/C=C\C/C=C\C/C=C\C/C=C\CCCCC(=O)OCC(COC(=O)CCCCCCCCCCCCCCCCCCCCCCCCCCCCC)OC(=O)CCCCCCC/C=C\C/C=C\CCCCCC.